The summed E-state index contributed by atoms with van der Waals surface area (Å²) in [6, 6.07) is 2.06. The summed E-state index contributed by atoms with van der Waals surface area (Å²) in [5.41, 5.74) is -1.58. The first kappa shape index (κ1) is 19.0. The van der Waals surface area contributed by atoms with E-state index in [4.69, 9.17) is 4.74 Å². The Bertz CT molecular complexity index is 516. The molecule has 1 N–H and O–H groups in total. The molecule has 0 bridgehead atoms. The molecule has 2 aliphatic rings. The van der Waals surface area contributed by atoms with Gasteiger partial charge in [0.1, 0.15) is 5.54 Å². The van der Waals surface area contributed by atoms with Gasteiger partial charge in [-0.2, -0.15) is 18.4 Å². The van der Waals surface area contributed by atoms with Gasteiger partial charge in [0, 0.05) is 44.7 Å². The zero-order valence-corrected chi connectivity index (χ0v) is 14.2. The van der Waals surface area contributed by atoms with Crippen LogP contribution in [0.3, 0.4) is 0 Å². The van der Waals surface area contributed by atoms with Crippen LogP contribution in [-0.4, -0.2) is 54.4 Å². The monoisotopic (exact) mass is 347 g/mol. The van der Waals surface area contributed by atoms with Crippen LogP contribution in [0.25, 0.3) is 0 Å². The number of hydrogen-bond acceptors (Lipinski definition) is 4. The maximum atomic E-state index is 13.4. The second kappa shape index (κ2) is 6.52. The van der Waals surface area contributed by atoms with Crippen molar-refractivity contribution >= 4 is 5.91 Å². The van der Waals surface area contributed by atoms with Crippen molar-refractivity contribution in [2.75, 3.05) is 26.3 Å². The number of ether oxygens (including phenoxy) is 1. The molecule has 0 aromatic rings. The average molecular weight is 347 g/mol. The lowest BCUT2D eigenvalue weighted by atomic mass is 9.88. The van der Waals surface area contributed by atoms with Crippen LogP contribution in [0, 0.1) is 23.2 Å². The van der Waals surface area contributed by atoms with E-state index < -0.39 is 35.0 Å². The highest BCUT2D eigenvalue weighted by Crippen LogP contribution is 2.40. The molecule has 0 aromatic carbocycles. The van der Waals surface area contributed by atoms with Crippen LogP contribution in [-0.2, 0) is 9.53 Å². The summed E-state index contributed by atoms with van der Waals surface area (Å²) in [4.78, 5) is 14.3. The van der Waals surface area contributed by atoms with Gasteiger partial charge in [-0.05, 0) is 20.8 Å². The number of nitrogens with zero attached hydrogens (tertiary/aromatic N) is 2. The largest absolute Gasteiger partial charge is 0.393 e. The molecule has 2 atom stereocenters. The maximum Gasteiger partial charge on any atom is 0.393 e. The summed E-state index contributed by atoms with van der Waals surface area (Å²) < 4.78 is 45.4. The van der Waals surface area contributed by atoms with E-state index in [-0.39, 0.29) is 13.1 Å². The van der Waals surface area contributed by atoms with Crippen molar-refractivity contribution in [3.05, 3.63) is 0 Å². The second-order valence-corrected chi connectivity index (χ2v) is 7.63. The normalized spacial score (nSPS) is 28.4. The van der Waals surface area contributed by atoms with Gasteiger partial charge in [0.25, 0.3) is 0 Å². The van der Waals surface area contributed by atoms with Gasteiger partial charge in [0.15, 0.2) is 0 Å². The Kier molecular flexibility index (Phi) is 5.17. The number of nitrogens with one attached hydrogen (secondary N) is 1. The van der Waals surface area contributed by atoms with Crippen LogP contribution in [0.15, 0.2) is 0 Å². The molecule has 8 heteroatoms. The number of likely N-dealkylation sites (tertiary alicyclic amines) is 1. The molecule has 2 aliphatic heterocycles. The molecule has 0 aromatic heterocycles. The second-order valence-electron chi connectivity index (χ2n) is 7.63. The fourth-order valence-corrected chi connectivity index (χ4v) is 3.26. The predicted molar refractivity (Wildman–Crippen MR) is 80.9 cm³/mol. The Morgan fingerprint density at radius 2 is 1.83 bits per heavy atom. The van der Waals surface area contributed by atoms with E-state index >= 15 is 0 Å². The third kappa shape index (κ3) is 4.01. The van der Waals surface area contributed by atoms with E-state index in [2.05, 4.69) is 11.4 Å². The number of amides is 1. The first-order valence-corrected chi connectivity index (χ1v) is 8.11. The molecule has 0 saturated carbocycles. The van der Waals surface area contributed by atoms with E-state index in [1.807, 2.05) is 20.8 Å². The Labute approximate surface area is 140 Å². The highest BCUT2D eigenvalue weighted by Gasteiger charge is 2.54. The standard InChI is InChI=1S/C16H24F3N3O2/c1-14(2,3)22-8-11(12(9-22)16(17,18)19)13(23)21-15(10-20)4-6-24-7-5-15/h11-12H,4-9H2,1-3H3,(H,21,23)/t11-,12-/m1/s1. The number of carbonyl (C=O) groups excluding carboxylic acids is 1. The molecule has 2 saturated heterocycles. The molecule has 136 valence electrons. The molecule has 2 heterocycles. The highest BCUT2D eigenvalue weighted by molar-refractivity contribution is 5.81. The van der Waals surface area contributed by atoms with Gasteiger partial charge >= 0.3 is 6.18 Å². The Morgan fingerprint density at radius 1 is 1.25 bits per heavy atom. The molecule has 2 fully saturated rings. The zero-order chi connectivity index (χ0) is 18.2. The molecule has 24 heavy (non-hydrogen) atoms. The topological polar surface area (TPSA) is 65.4 Å². The van der Waals surface area contributed by atoms with Crippen molar-refractivity contribution in [3.8, 4) is 6.07 Å². The number of halogens is 3. The summed E-state index contributed by atoms with van der Waals surface area (Å²) >= 11 is 0. The summed E-state index contributed by atoms with van der Waals surface area (Å²) in [6.07, 6.45) is -3.86. The van der Waals surface area contributed by atoms with E-state index in [0.29, 0.717) is 26.1 Å². The Hall–Kier alpha value is -1.33. The highest BCUT2D eigenvalue weighted by atomic mass is 19.4. The first-order valence-electron chi connectivity index (χ1n) is 8.11. The van der Waals surface area contributed by atoms with Crippen molar-refractivity contribution < 1.29 is 22.7 Å². The zero-order valence-electron chi connectivity index (χ0n) is 14.2. The van der Waals surface area contributed by atoms with Gasteiger partial charge in [-0.15, -0.1) is 0 Å². The molecule has 2 rings (SSSR count). The molecule has 1 amide bonds. The van der Waals surface area contributed by atoms with Gasteiger partial charge in [-0.1, -0.05) is 0 Å². The van der Waals surface area contributed by atoms with Crippen molar-refractivity contribution in [1.29, 1.82) is 5.26 Å². The smallest absolute Gasteiger partial charge is 0.381 e. The van der Waals surface area contributed by atoms with E-state index in [1.165, 1.54) is 0 Å². The first-order chi connectivity index (χ1) is 11.0. The minimum absolute atomic E-state index is 0.0392. The van der Waals surface area contributed by atoms with Gasteiger partial charge < -0.3 is 10.1 Å². The maximum absolute atomic E-state index is 13.4. The summed E-state index contributed by atoms with van der Waals surface area (Å²) in [5.74, 6) is -3.60. The van der Waals surface area contributed by atoms with Crippen LogP contribution in [0.5, 0.6) is 0 Å². The fraction of sp³-hybridized carbons (Fsp3) is 0.875. The molecule has 0 unspecified atom stereocenters. The van der Waals surface area contributed by atoms with Crippen LogP contribution in [0.2, 0.25) is 0 Å². The molecule has 0 spiro atoms. The summed E-state index contributed by atoms with van der Waals surface area (Å²) in [7, 11) is 0. The molecule has 0 aliphatic carbocycles. The minimum Gasteiger partial charge on any atom is -0.381 e. The third-order valence-electron chi connectivity index (χ3n) is 4.95. The SMILES string of the molecule is CC(C)(C)N1C[C@@H](C(F)(F)F)[C@H](C(=O)NC2(C#N)CCOCC2)C1. The number of alkyl halides is 3. The number of carbonyl (C=O) groups is 1. The minimum atomic E-state index is -4.45. The molecule has 5 nitrogen and oxygen atoms in total. The fourth-order valence-electron chi connectivity index (χ4n) is 3.26. The Balaban J connectivity index is 2.17. The summed E-state index contributed by atoms with van der Waals surface area (Å²) in [6.45, 7) is 5.96. The lowest BCUT2D eigenvalue weighted by molar-refractivity contribution is -0.184. The summed E-state index contributed by atoms with van der Waals surface area (Å²) in [5, 5.41) is 12.0. The number of rotatable bonds is 2. The van der Waals surface area contributed by atoms with Crippen molar-refractivity contribution in [1.82, 2.24) is 10.2 Å². The van der Waals surface area contributed by atoms with E-state index in [0.717, 1.165) is 0 Å². The van der Waals surface area contributed by atoms with Gasteiger partial charge in [-0.3, -0.25) is 9.69 Å². The van der Waals surface area contributed by atoms with E-state index in [1.54, 1.807) is 4.90 Å². The Morgan fingerprint density at radius 3 is 2.29 bits per heavy atom. The van der Waals surface area contributed by atoms with Gasteiger partial charge in [0.05, 0.1) is 17.9 Å². The number of hydrogen-bond donors (Lipinski definition) is 1. The van der Waals surface area contributed by atoms with Crippen LogP contribution in [0.1, 0.15) is 33.6 Å². The molecular weight excluding hydrogens is 323 g/mol. The van der Waals surface area contributed by atoms with Crippen molar-refractivity contribution in [2.45, 2.75) is 50.9 Å². The lowest BCUT2D eigenvalue weighted by Crippen LogP contribution is -2.54. The van der Waals surface area contributed by atoms with Gasteiger partial charge in [0.2, 0.25) is 5.91 Å². The van der Waals surface area contributed by atoms with Gasteiger partial charge in [-0.25, -0.2) is 0 Å². The van der Waals surface area contributed by atoms with Crippen molar-refractivity contribution in [3.63, 3.8) is 0 Å². The van der Waals surface area contributed by atoms with Crippen molar-refractivity contribution in [2.24, 2.45) is 11.8 Å². The molecular formula is C16H24F3N3O2. The average Bonchev–Trinajstić information content (AvgIpc) is 2.93. The van der Waals surface area contributed by atoms with Crippen LogP contribution < -0.4 is 5.32 Å². The van der Waals surface area contributed by atoms with E-state index in [9.17, 15) is 23.2 Å². The quantitative estimate of drug-likeness (QED) is 0.831. The van der Waals surface area contributed by atoms with Crippen LogP contribution >= 0.6 is 0 Å². The number of nitriles is 1. The predicted octanol–water partition coefficient (Wildman–Crippen LogP) is 2.08. The van der Waals surface area contributed by atoms with Crippen LogP contribution in [0.4, 0.5) is 13.2 Å². The lowest BCUT2D eigenvalue weighted by Gasteiger charge is -2.33. The third-order valence-corrected chi connectivity index (χ3v) is 4.95. The molecule has 0 radical (unpaired) electrons.